The Labute approximate surface area is 138 Å². The summed E-state index contributed by atoms with van der Waals surface area (Å²) in [4.78, 5) is 2.43. The van der Waals surface area contributed by atoms with Crippen molar-refractivity contribution in [1.82, 2.24) is 15.1 Å². The van der Waals surface area contributed by atoms with E-state index in [1.165, 1.54) is 11.3 Å². The summed E-state index contributed by atoms with van der Waals surface area (Å²) < 4.78 is 11.7. The SMILES string of the molecule is CCN1CCc2[nH]nc(-c3ccc(OC)c(OC)c3Br)c2C1. The number of aromatic amines is 1. The summed E-state index contributed by atoms with van der Waals surface area (Å²) in [6, 6.07) is 3.94. The number of H-pyrrole nitrogens is 1. The van der Waals surface area contributed by atoms with Crippen molar-refractivity contribution in [1.29, 1.82) is 0 Å². The Morgan fingerprint density at radius 3 is 2.82 bits per heavy atom. The third-order valence-corrected chi connectivity index (χ3v) is 4.99. The lowest BCUT2D eigenvalue weighted by Gasteiger charge is -2.25. The molecule has 0 spiro atoms. The summed E-state index contributed by atoms with van der Waals surface area (Å²) in [7, 11) is 3.28. The third kappa shape index (κ3) is 2.50. The Kier molecular flexibility index (Phi) is 4.40. The minimum absolute atomic E-state index is 0.694. The van der Waals surface area contributed by atoms with Crippen LogP contribution in [0.15, 0.2) is 16.6 Å². The van der Waals surface area contributed by atoms with Crippen molar-refractivity contribution in [3.8, 4) is 22.8 Å². The molecule has 1 N–H and O–H groups in total. The standard InChI is InChI=1S/C16H20BrN3O2/c1-4-20-8-7-12-11(9-20)15(19-18-12)10-5-6-13(21-2)16(22-3)14(10)17/h5-6H,4,7-9H2,1-3H3,(H,18,19). The normalized spacial score (nSPS) is 14.7. The van der Waals surface area contributed by atoms with Crippen LogP contribution in [0.1, 0.15) is 18.2 Å². The van der Waals surface area contributed by atoms with E-state index in [0.29, 0.717) is 11.5 Å². The highest BCUT2D eigenvalue weighted by Crippen LogP contribution is 2.43. The molecular formula is C16H20BrN3O2. The Balaban J connectivity index is 2.08. The zero-order valence-electron chi connectivity index (χ0n) is 13.1. The molecular weight excluding hydrogens is 346 g/mol. The molecule has 0 radical (unpaired) electrons. The first kappa shape index (κ1) is 15.4. The lowest BCUT2D eigenvalue weighted by atomic mass is 10.0. The van der Waals surface area contributed by atoms with E-state index in [2.05, 4.69) is 38.0 Å². The molecule has 0 saturated heterocycles. The van der Waals surface area contributed by atoms with Crippen LogP contribution in [0, 0.1) is 0 Å². The fraction of sp³-hybridized carbons (Fsp3) is 0.438. The molecule has 118 valence electrons. The summed E-state index contributed by atoms with van der Waals surface area (Å²) in [5, 5.41) is 7.74. The highest BCUT2D eigenvalue weighted by Gasteiger charge is 2.24. The van der Waals surface area contributed by atoms with E-state index >= 15 is 0 Å². The molecule has 0 aliphatic carbocycles. The van der Waals surface area contributed by atoms with Crippen LogP contribution in [0.5, 0.6) is 11.5 Å². The van der Waals surface area contributed by atoms with Crippen molar-refractivity contribution >= 4 is 15.9 Å². The van der Waals surface area contributed by atoms with Gasteiger partial charge in [-0.1, -0.05) is 6.92 Å². The number of likely N-dealkylation sites (N-methyl/N-ethyl adjacent to an activating group) is 1. The number of aromatic nitrogens is 2. The number of methoxy groups -OCH3 is 2. The molecule has 1 aromatic heterocycles. The molecule has 2 aromatic rings. The maximum absolute atomic E-state index is 5.47. The second-order valence-corrected chi connectivity index (χ2v) is 6.10. The smallest absolute Gasteiger partial charge is 0.175 e. The first-order valence-corrected chi connectivity index (χ1v) is 8.18. The molecule has 1 aromatic carbocycles. The van der Waals surface area contributed by atoms with Gasteiger partial charge in [-0.25, -0.2) is 0 Å². The van der Waals surface area contributed by atoms with Crippen molar-refractivity contribution < 1.29 is 9.47 Å². The van der Waals surface area contributed by atoms with Crippen molar-refractivity contribution in [3.05, 3.63) is 27.9 Å². The fourth-order valence-corrected chi connectivity index (χ4v) is 3.59. The average Bonchev–Trinajstić information content (AvgIpc) is 2.97. The van der Waals surface area contributed by atoms with E-state index in [1.54, 1.807) is 14.2 Å². The van der Waals surface area contributed by atoms with Gasteiger partial charge >= 0.3 is 0 Å². The highest BCUT2D eigenvalue weighted by atomic mass is 79.9. The predicted molar refractivity (Wildman–Crippen MR) is 89.5 cm³/mol. The van der Waals surface area contributed by atoms with E-state index in [0.717, 1.165) is 41.8 Å². The van der Waals surface area contributed by atoms with Gasteiger partial charge in [0.15, 0.2) is 11.5 Å². The number of halogens is 1. The number of ether oxygens (including phenoxy) is 2. The number of nitrogens with one attached hydrogen (secondary N) is 1. The molecule has 6 heteroatoms. The lowest BCUT2D eigenvalue weighted by Crippen LogP contribution is -2.30. The number of benzene rings is 1. The second-order valence-electron chi connectivity index (χ2n) is 5.31. The Morgan fingerprint density at radius 1 is 1.32 bits per heavy atom. The number of fused-ring (bicyclic) bond motifs is 1. The number of rotatable bonds is 4. The van der Waals surface area contributed by atoms with Gasteiger partial charge < -0.3 is 9.47 Å². The molecule has 2 heterocycles. The third-order valence-electron chi connectivity index (χ3n) is 4.20. The first-order chi connectivity index (χ1) is 10.7. The summed E-state index contributed by atoms with van der Waals surface area (Å²) in [6.45, 7) is 5.25. The Hall–Kier alpha value is -1.53. The van der Waals surface area contributed by atoms with Crippen LogP contribution >= 0.6 is 15.9 Å². The molecule has 5 nitrogen and oxygen atoms in total. The summed E-state index contributed by atoms with van der Waals surface area (Å²) in [5.74, 6) is 1.40. The summed E-state index contributed by atoms with van der Waals surface area (Å²) >= 11 is 3.64. The van der Waals surface area contributed by atoms with Gasteiger partial charge in [-0.2, -0.15) is 5.10 Å². The highest BCUT2D eigenvalue weighted by molar-refractivity contribution is 9.10. The number of hydrogen-bond donors (Lipinski definition) is 1. The summed E-state index contributed by atoms with van der Waals surface area (Å²) in [5.41, 5.74) is 4.52. The molecule has 0 amide bonds. The van der Waals surface area contributed by atoms with Crippen LogP contribution in [0.3, 0.4) is 0 Å². The van der Waals surface area contributed by atoms with Crippen LogP contribution < -0.4 is 9.47 Å². The quantitative estimate of drug-likeness (QED) is 0.903. The molecule has 1 aliphatic rings. The maximum atomic E-state index is 5.47. The molecule has 0 atom stereocenters. The molecule has 0 unspecified atom stereocenters. The topological polar surface area (TPSA) is 50.4 Å². The summed E-state index contributed by atoms with van der Waals surface area (Å²) in [6.07, 6.45) is 1.01. The van der Waals surface area contributed by atoms with Gasteiger partial charge in [0.1, 0.15) is 0 Å². The van der Waals surface area contributed by atoms with Crippen molar-refractivity contribution in [2.75, 3.05) is 27.3 Å². The average molecular weight is 366 g/mol. The Morgan fingerprint density at radius 2 is 2.14 bits per heavy atom. The van der Waals surface area contributed by atoms with Crippen LogP contribution in [0.4, 0.5) is 0 Å². The van der Waals surface area contributed by atoms with Gasteiger partial charge in [-0.3, -0.25) is 10.00 Å². The predicted octanol–water partition coefficient (Wildman–Crippen LogP) is 3.23. The number of hydrogen-bond acceptors (Lipinski definition) is 4. The lowest BCUT2D eigenvalue weighted by molar-refractivity contribution is 0.267. The van der Waals surface area contributed by atoms with E-state index < -0.39 is 0 Å². The van der Waals surface area contributed by atoms with Crippen LogP contribution in [0.25, 0.3) is 11.3 Å². The van der Waals surface area contributed by atoms with Crippen molar-refractivity contribution in [2.24, 2.45) is 0 Å². The van der Waals surface area contributed by atoms with E-state index in [9.17, 15) is 0 Å². The zero-order valence-corrected chi connectivity index (χ0v) is 14.7. The molecule has 0 bridgehead atoms. The largest absolute Gasteiger partial charge is 0.493 e. The second kappa shape index (κ2) is 6.30. The van der Waals surface area contributed by atoms with Gasteiger partial charge in [-0.05, 0) is 34.6 Å². The Bertz CT molecular complexity index is 684. The van der Waals surface area contributed by atoms with Gasteiger partial charge in [0.25, 0.3) is 0 Å². The maximum Gasteiger partial charge on any atom is 0.175 e. The van der Waals surface area contributed by atoms with Gasteiger partial charge in [0.05, 0.1) is 24.4 Å². The van der Waals surface area contributed by atoms with E-state index in [4.69, 9.17) is 9.47 Å². The van der Waals surface area contributed by atoms with Crippen molar-refractivity contribution in [2.45, 2.75) is 19.9 Å². The molecule has 22 heavy (non-hydrogen) atoms. The van der Waals surface area contributed by atoms with E-state index in [1.807, 2.05) is 12.1 Å². The number of nitrogens with zero attached hydrogens (tertiary/aromatic N) is 2. The molecule has 0 fully saturated rings. The van der Waals surface area contributed by atoms with Crippen LogP contribution in [0.2, 0.25) is 0 Å². The van der Waals surface area contributed by atoms with Crippen LogP contribution in [-0.4, -0.2) is 42.4 Å². The minimum atomic E-state index is 0.694. The first-order valence-electron chi connectivity index (χ1n) is 7.38. The molecule has 1 aliphatic heterocycles. The van der Waals surface area contributed by atoms with Gasteiger partial charge in [0.2, 0.25) is 0 Å². The van der Waals surface area contributed by atoms with Gasteiger partial charge in [-0.15, -0.1) is 0 Å². The van der Waals surface area contributed by atoms with Crippen molar-refractivity contribution in [3.63, 3.8) is 0 Å². The molecule has 0 saturated carbocycles. The van der Waals surface area contributed by atoms with Crippen LogP contribution in [-0.2, 0) is 13.0 Å². The zero-order chi connectivity index (χ0) is 15.7. The fourth-order valence-electron chi connectivity index (χ4n) is 2.92. The van der Waals surface area contributed by atoms with Gasteiger partial charge in [0, 0.05) is 36.3 Å². The van der Waals surface area contributed by atoms with E-state index in [-0.39, 0.29) is 0 Å². The monoisotopic (exact) mass is 365 g/mol. The minimum Gasteiger partial charge on any atom is -0.493 e. The molecule has 3 rings (SSSR count).